The number of nitrogens with zero attached hydrogens (tertiary/aromatic N) is 2. The summed E-state index contributed by atoms with van der Waals surface area (Å²) in [4.78, 5) is 57.6. The molecule has 0 radical (unpaired) electrons. The van der Waals surface area contributed by atoms with Crippen LogP contribution in [0.4, 0.5) is 5.13 Å². The Morgan fingerprint density at radius 1 is 1.12 bits per heavy atom. The van der Waals surface area contributed by atoms with Gasteiger partial charge in [-0.05, 0) is 31.2 Å². The van der Waals surface area contributed by atoms with Gasteiger partial charge in [0.05, 0.1) is 28.0 Å². The Morgan fingerprint density at radius 2 is 1.91 bits per heavy atom. The molecule has 32 heavy (non-hydrogen) atoms. The van der Waals surface area contributed by atoms with Crippen molar-refractivity contribution in [3.63, 3.8) is 0 Å². The van der Waals surface area contributed by atoms with E-state index >= 15 is 0 Å². The largest absolute Gasteiger partial charge is 0.351 e. The fraction of sp³-hybridized carbons (Fsp3) is 0.190. The van der Waals surface area contributed by atoms with E-state index in [-0.39, 0.29) is 12.5 Å². The fourth-order valence-electron chi connectivity index (χ4n) is 3.19. The molecular weight excluding hydrogens is 450 g/mol. The van der Waals surface area contributed by atoms with Gasteiger partial charge in [-0.25, -0.2) is 9.78 Å². The number of aryl methyl sites for hydroxylation is 1. The Morgan fingerprint density at radius 3 is 2.69 bits per heavy atom. The minimum atomic E-state index is -0.648. The van der Waals surface area contributed by atoms with Crippen LogP contribution in [-0.4, -0.2) is 26.3 Å². The maximum absolute atomic E-state index is 12.6. The second kappa shape index (κ2) is 8.89. The molecule has 3 heterocycles. The van der Waals surface area contributed by atoms with Crippen LogP contribution in [0.5, 0.6) is 0 Å². The number of benzene rings is 1. The lowest BCUT2D eigenvalue weighted by atomic mass is 10.2. The number of anilines is 1. The average Bonchev–Trinajstić information content (AvgIpc) is 3.35. The Balaban J connectivity index is 1.52. The lowest BCUT2D eigenvalue weighted by Crippen LogP contribution is -2.33. The van der Waals surface area contributed by atoms with Crippen LogP contribution in [0.3, 0.4) is 0 Å². The molecule has 9 nitrogen and oxygen atoms in total. The van der Waals surface area contributed by atoms with Gasteiger partial charge in [0.2, 0.25) is 11.8 Å². The zero-order valence-electron chi connectivity index (χ0n) is 17.2. The number of aromatic amines is 1. The number of hydrogen-bond donors (Lipinski definition) is 3. The third-order valence-corrected chi connectivity index (χ3v) is 6.63. The molecule has 0 atom stereocenters. The van der Waals surface area contributed by atoms with Gasteiger partial charge < -0.3 is 10.6 Å². The summed E-state index contributed by atoms with van der Waals surface area (Å²) in [5.74, 6) is -0.522. The first-order valence-electron chi connectivity index (χ1n) is 9.64. The lowest BCUT2D eigenvalue weighted by molar-refractivity contribution is -0.119. The molecular formula is C21H19N5O4S2. The van der Waals surface area contributed by atoms with Gasteiger partial charge in [-0.1, -0.05) is 12.1 Å². The van der Waals surface area contributed by atoms with Crippen molar-refractivity contribution in [1.82, 2.24) is 19.9 Å². The van der Waals surface area contributed by atoms with E-state index in [0.29, 0.717) is 22.6 Å². The molecule has 11 heteroatoms. The van der Waals surface area contributed by atoms with E-state index in [0.717, 1.165) is 20.3 Å². The second-order valence-corrected chi connectivity index (χ2v) is 9.38. The van der Waals surface area contributed by atoms with Crippen molar-refractivity contribution in [2.24, 2.45) is 0 Å². The van der Waals surface area contributed by atoms with E-state index in [1.54, 1.807) is 24.3 Å². The van der Waals surface area contributed by atoms with Crippen LogP contribution in [0.1, 0.15) is 16.7 Å². The van der Waals surface area contributed by atoms with Gasteiger partial charge in [0.25, 0.3) is 5.56 Å². The predicted octanol–water partition coefficient (Wildman–Crippen LogP) is 2.46. The van der Waals surface area contributed by atoms with E-state index in [1.807, 2.05) is 19.1 Å². The zero-order chi connectivity index (χ0) is 22.8. The number of para-hydroxylation sites is 1. The molecule has 0 spiro atoms. The van der Waals surface area contributed by atoms with Crippen LogP contribution in [0.25, 0.3) is 21.5 Å². The number of nitrogens with one attached hydrogen (secondary N) is 3. The number of amides is 2. The summed E-state index contributed by atoms with van der Waals surface area (Å²) in [5, 5.41) is 6.25. The molecule has 4 rings (SSSR count). The summed E-state index contributed by atoms with van der Waals surface area (Å²) in [6, 6.07) is 10.5. The molecule has 0 aliphatic heterocycles. The topological polar surface area (TPSA) is 126 Å². The smallest absolute Gasteiger partial charge is 0.329 e. The fourth-order valence-corrected chi connectivity index (χ4v) is 5.10. The number of carbonyl (C=O) groups excluding carboxylic acids is 2. The number of fused-ring (bicyclic) bond motifs is 1. The number of rotatable bonds is 6. The lowest BCUT2D eigenvalue weighted by Gasteiger charge is -2.08. The summed E-state index contributed by atoms with van der Waals surface area (Å²) in [7, 11) is 0. The standard InChI is InChI=1S/C21H19N5O4S2/c1-11-18(16-8-7-13(32-16)9-22-12(2)27)24-20(31-11)23-17(28)10-26-15-6-4-3-5-14(15)19(29)25-21(26)30/h3-8H,9-10H2,1-2H3,(H,22,27)(H,23,24,28)(H,25,29,30). The van der Waals surface area contributed by atoms with Crippen molar-refractivity contribution in [3.05, 3.63) is 67.0 Å². The molecule has 0 aliphatic rings. The molecule has 2 amide bonds. The van der Waals surface area contributed by atoms with Crippen molar-refractivity contribution in [2.75, 3.05) is 5.32 Å². The molecule has 0 unspecified atom stereocenters. The molecule has 4 aromatic rings. The van der Waals surface area contributed by atoms with Gasteiger partial charge in [0.1, 0.15) is 6.54 Å². The van der Waals surface area contributed by atoms with Crippen LogP contribution in [0, 0.1) is 6.92 Å². The highest BCUT2D eigenvalue weighted by atomic mass is 32.1. The van der Waals surface area contributed by atoms with Crippen molar-refractivity contribution >= 4 is 50.5 Å². The maximum atomic E-state index is 12.6. The number of H-pyrrole nitrogens is 1. The van der Waals surface area contributed by atoms with Crippen molar-refractivity contribution in [1.29, 1.82) is 0 Å². The normalized spacial score (nSPS) is 10.9. The summed E-state index contributed by atoms with van der Waals surface area (Å²) in [6.45, 7) is 3.58. The molecule has 164 valence electrons. The summed E-state index contributed by atoms with van der Waals surface area (Å²) in [6.07, 6.45) is 0. The van der Waals surface area contributed by atoms with Gasteiger partial charge in [-0.15, -0.1) is 22.7 Å². The van der Waals surface area contributed by atoms with Crippen molar-refractivity contribution in [3.8, 4) is 10.6 Å². The first-order chi connectivity index (χ1) is 15.3. The Bertz CT molecular complexity index is 1450. The molecule has 0 aliphatic carbocycles. The van der Waals surface area contributed by atoms with E-state index in [2.05, 4.69) is 20.6 Å². The van der Waals surface area contributed by atoms with E-state index in [1.165, 1.54) is 34.2 Å². The molecule has 0 saturated heterocycles. The third-order valence-electron chi connectivity index (χ3n) is 4.66. The van der Waals surface area contributed by atoms with E-state index in [4.69, 9.17) is 0 Å². The van der Waals surface area contributed by atoms with Crippen LogP contribution >= 0.6 is 22.7 Å². The maximum Gasteiger partial charge on any atom is 0.329 e. The first-order valence-corrected chi connectivity index (χ1v) is 11.3. The zero-order valence-corrected chi connectivity index (χ0v) is 18.9. The SMILES string of the molecule is CC(=O)NCc1ccc(-c2nc(NC(=O)Cn3c(=O)[nH]c(=O)c4ccccc43)sc2C)s1. The number of thiazole rings is 1. The first kappa shape index (κ1) is 21.7. The molecule has 0 fully saturated rings. The highest BCUT2D eigenvalue weighted by Gasteiger charge is 2.16. The number of carbonyl (C=O) groups is 2. The average molecular weight is 470 g/mol. The Hall–Kier alpha value is -3.57. The number of hydrogen-bond acceptors (Lipinski definition) is 7. The van der Waals surface area contributed by atoms with Crippen LogP contribution < -0.4 is 21.9 Å². The van der Waals surface area contributed by atoms with Gasteiger partial charge in [0, 0.05) is 16.7 Å². The molecule has 1 aromatic carbocycles. The molecule has 0 saturated carbocycles. The highest BCUT2D eigenvalue weighted by Crippen LogP contribution is 2.34. The summed E-state index contributed by atoms with van der Waals surface area (Å²) < 4.78 is 1.22. The summed E-state index contributed by atoms with van der Waals surface area (Å²) >= 11 is 2.85. The Kier molecular flexibility index (Phi) is 6.01. The van der Waals surface area contributed by atoms with Gasteiger partial charge >= 0.3 is 5.69 Å². The highest BCUT2D eigenvalue weighted by molar-refractivity contribution is 7.18. The van der Waals surface area contributed by atoms with E-state index < -0.39 is 17.2 Å². The van der Waals surface area contributed by atoms with Crippen molar-refractivity contribution in [2.45, 2.75) is 26.9 Å². The predicted molar refractivity (Wildman–Crippen MR) is 125 cm³/mol. The monoisotopic (exact) mass is 469 g/mol. The van der Waals surface area contributed by atoms with Crippen molar-refractivity contribution < 1.29 is 9.59 Å². The van der Waals surface area contributed by atoms with Gasteiger partial charge in [-0.2, -0.15) is 0 Å². The van der Waals surface area contributed by atoms with Crippen LogP contribution in [0.2, 0.25) is 0 Å². The minimum absolute atomic E-state index is 0.0934. The third kappa shape index (κ3) is 4.53. The molecule has 3 N–H and O–H groups in total. The number of aromatic nitrogens is 3. The number of thiophene rings is 1. The Labute approximate surface area is 189 Å². The van der Waals surface area contributed by atoms with E-state index in [9.17, 15) is 19.2 Å². The quantitative estimate of drug-likeness (QED) is 0.400. The molecule has 3 aromatic heterocycles. The second-order valence-electron chi connectivity index (χ2n) is 7.01. The summed E-state index contributed by atoms with van der Waals surface area (Å²) in [5.41, 5.74) is 0.00939. The van der Waals surface area contributed by atoms with Gasteiger partial charge in [-0.3, -0.25) is 23.9 Å². The van der Waals surface area contributed by atoms with Crippen LogP contribution in [-0.2, 0) is 22.7 Å². The minimum Gasteiger partial charge on any atom is -0.351 e. The molecule has 0 bridgehead atoms. The van der Waals surface area contributed by atoms with Gasteiger partial charge in [0.15, 0.2) is 5.13 Å². The van der Waals surface area contributed by atoms with Crippen LogP contribution in [0.15, 0.2) is 46.0 Å².